The molecule has 1 aliphatic rings. The van der Waals surface area contributed by atoms with Gasteiger partial charge in [-0.15, -0.1) is 0 Å². The highest BCUT2D eigenvalue weighted by Gasteiger charge is 2.25. The van der Waals surface area contributed by atoms with Gasteiger partial charge in [0, 0.05) is 18.7 Å². The Hall–Kier alpha value is -2.09. The molecule has 0 aliphatic carbocycles. The van der Waals surface area contributed by atoms with Gasteiger partial charge < -0.3 is 57.8 Å². The number of rotatable bonds is 34. The van der Waals surface area contributed by atoms with E-state index in [1.54, 1.807) is 0 Å². The van der Waals surface area contributed by atoms with Gasteiger partial charge >= 0.3 is 0 Å². The quantitative estimate of drug-likeness (QED) is 0.0595. The SMILES string of the molecule is O=C(CN1C(=O)C=CC1=O)NCCOCCOCCOCCOCCOCCOCCOCCOCCOCCOCCO. The van der Waals surface area contributed by atoms with Gasteiger partial charge in [-0.25, -0.2) is 0 Å². The summed E-state index contributed by atoms with van der Waals surface area (Å²) >= 11 is 0. The Bertz CT molecular complexity index is 725. The number of nitrogens with zero attached hydrogens (tertiary/aromatic N) is 1. The van der Waals surface area contributed by atoms with Gasteiger partial charge in [0.25, 0.3) is 11.8 Å². The Morgan fingerprint density at radius 2 is 0.773 bits per heavy atom. The highest BCUT2D eigenvalue weighted by molar-refractivity contribution is 6.14. The van der Waals surface area contributed by atoms with Gasteiger partial charge in [-0.3, -0.25) is 19.3 Å². The molecule has 0 saturated carbocycles. The van der Waals surface area contributed by atoms with E-state index in [-0.39, 0.29) is 26.3 Å². The third-order valence-electron chi connectivity index (χ3n) is 5.35. The molecule has 0 atom stereocenters. The zero-order chi connectivity index (χ0) is 31.8. The van der Waals surface area contributed by atoms with Crippen molar-refractivity contribution >= 4 is 17.7 Å². The molecule has 3 amide bonds. The maximum Gasteiger partial charge on any atom is 0.254 e. The molecule has 256 valence electrons. The Balaban J connectivity index is 1.66. The van der Waals surface area contributed by atoms with Gasteiger partial charge in [0.15, 0.2) is 0 Å². The second-order valence-corrected chi connectivity index (χ2v) is 8.79. The molecule has 16 heteroatoms. The van der Waals surface area contributed by atoms with Crippen LogP contribution < -0.4 is 5.32 Å². The van der Waals surface area contributed by atoms with Crippen LogP contribution in [0.4, 0.5) is 0 Å². The summed E-state index contributed by atoms with van der Waals surface area (Å²) in [5, 5.41) is 11.2. The number of hydrogen-bond donors (Lipinski definition) is 2. The van der Waals surface area contributed by atoms with Gasteiger partial charge in [-0.05, 0) is 0 Å². The van der Waals surface area contributed by atoms with Crippen molar-refractivity contribution in [3.8, 4) is 0 Å². The average Bonchev–Trinajstić information content (AvgIpc) is 3.33. The minimum Gasteiger partial charge on any atom is -0.394 e. The Morgan fingerprint density at radius 1 is 0.500 bits per heavy atom. The number of imide groups is 1. The molecule has 0 unspecified atom stereocenters. The normalized spacial score (nSPS) is 13.0. The van der Waals surface area contributed by atoms with Crippen molar-refractivity contribution in [1.82, 2.24) is 10.2 Å². The number of aliphatic hydroxyl groups excluding tert-OH is 1. The minimum atomic E-state index is -0.492. The van der Waals surface area contributed by atoms with E-state index in [1.165, 1.54) is 0 Å². The monoisotopic (exact) mass is 638 g/mol. The van der Waals surface area contributed by atoms with Gasteiger partial charge in [0.2, 0.25) is 5.91 Å². The molecule has 0 aromatic heterocycles. The number of ether oxygens (including phenoxy) is 10. The molecule has 2 N–H and O–H groups in total. The minimum absolute atomic E-state index is 0.0161. The van der Waals surface area contributed by atoms with Crippen LogP contribution in [-0.2, 0) is 61.8 Å². The molecule has 0 radical (unpaired) electrons. The summed E-state index contributed by atoms with van der Waals surface area (Å²) in [7, 11) is 0. The van der Waals surface area contributed by atoms with Crippen LogP contribution in [0, 0.1) is 0 Å². The molecular formula is C28H50N2O14. The molecule has 0 fully saturated rings. The van der Waals surface area contributed by atoms with Crippen LogP contribution in [0.1, 0.15) is 0 Å². The largest absolute Gasteiger partial charge is 0.394 e. The first kappa shape index (κ1) is 39.9. The number of carbonyl (C=O) groups is 3. The lowest BCUT2D eigenvalue weighted by Crippen LogP contribution is -2.41. The first-order valence-corrected chi connectivity index (χ1v) is 14.8. The fraction of sp³-hybridized carbons (Fsp3) is 0.821. The van der Waals surface area contributed by atoms with Crippen molar-refractivity contribution in [2.75, 3.05) is 152 Å². The summed E-state index contributed by atoms with van der Waals surface area (Å²) in [4.78, 5) is 35.4. The predicted octanol–water partition coefficient (Wildman–Crippen LogP) is -1.81. The fourth-order valence-corrected chi connectivity index (χ4v) is 3.19. The maximum absolute atomic E-state index is 11.7. The predicted molar refractivity (Wildman–Crippen MR) is 154 cm³/mol. The number of nitrogens with one attached hydrogen (secondary N) is 1. The first-order valence-electron chi connectivity index (χ1n) is 14.8. The number of aliphatic hydroxyl groups is 1. The summed E-state index contributed by atoms with van der Waals surface area (Å²) in [5.74, 6) is -1.41. The highest BCUT2D eigenvalue weighted by atomic mass is 16.6. The van der Waals surface area contributed by atoms with E-state index in [4.69, 9.17) is 52.5 Å². The zero-order valence-electron chi connectivity index (χ0n) is 25.6. The zero-order valence-corrected chi connectivity index (χ0v) is 25.6. The molecule has 16 nitrogen and oxygen atoms in total. The lowest BCUT2D eigenvalue weighted by molar-refractivity contribution is -0.141. The van der Waals surface area contributed by atoms with E-state index in [2.05, 4.69) is 5.32 Å². The van der Waals surface area contributed by atoms with Gasteiger partial charge in [-0.1, -0.05) is 0 Å². The van der Waals surface area contributed by atoms with E-state index in [0.29, 0.717) is 126 Å². The van der Waals surface area contributed by atoms with Gasteiger partial charge in [0.05, 0.1) is 139 Å². The molecule has 1 heterocycles. The van der Waals surface area contributed by atoms with E-state index < -0.39 is 17.7 Å². The summed E-state index contributed by atoms with van der Waals surface area (Å²) in [5.41, 5.74) is 0. The van der Waals surface area contributed by atoms with E-state index in [0.717, 1.165) is 17.1 Å². The second-order valence-electron chi connectivity index (χ2n) is 8.79. The van der Waals surface area contributed by atoms with E-state index in [1.807, 2.05) is 0 Å². The van der Waals surface area contributed by atoms with Crippen molar-refractivity contribution in [1.29, 1.82) is 0 Å². The molecule has 0 aromatic rings. The van der Waals surface area contributed by atoms with E-state index in [9.17, 15) is 14.4 Å². The molecule has 44 heavy (non-hydrogen) atoms. The number of hydrogen-bond acceptors (Lipinski definition) is 14. The Kier molecular flexibility index (Phi) is 28.1. The molecule has 0 bridgehead atoms. The van der Waals surface area contributed by atoms with Crippen molar-refractivity contribution < 1.29 is 66.9 Å². The molecule has 0 spiro atoms. The topological polar surface area (TPSA) is 179 Å². The summed E-state index contributed by atoms with van der Waals surface area (Å²) in [6.45, 7) is 8.88. The van der Waals surface area contributed by atoms with Gasteiger partial charge in [-0.2, -0.15) is 0 Å². The van der Waals surface area contributed by atoms with Crippen LogP contribution in [-0.4, -0.2) is 180 Å². The third-order valence-corrected chi connectivity index (χ3v) is 5.35. The summed E-state index contributed by atoms with van der Waals surface area (Å²) in [6.07, 6.45) is 2.27. The highest BCUT2D eigenvalue weighted by Crippen LogP contribution is 2.02. The van der Waals surface area contributed by atoms with E-state index >= 15 is 0 Å². The fourth-order valence-electron chi connectivity index (χ4n) is 3.19. The van der Waals surface area contributed by atoms with Crippen LogP contribution in [0.15, 0.2) is 12.2 Å². The van der Waals surface area contributed by atoms with Crippen molar-refractivity contribution in [2.45, 2.75) is 0 Å². The standard InChI is InChI=1S/C28H50N2O14/c31-4-6-36-8-10-38-12-14-40-16-18-42-20-22-44-24-23-43-21-19-41-17-15-39-13-11-37-9-7-35-5-3-29-26(32)25-30-27(33)1-2-28(30)34/h1-2,31H,3-25H2,(H,29,32). The molecular weight excluding hydrogens is 588 g/mol. The van der Waals surface area contributed by atoms with Crippen LogP contribution in [0.3, 0.4) is 0 Å². The van der Waals surface area contributed by atoms with Crippen LogP contribution in [0.2, 0.25) is 0 Å². The van der Waals surface area contributed by atoms with Crippen LogP contribution in [0.25, 0.3) is 0 Å². The summed E-state index contributed by atoms with van der Waals surface area (Å²) < 4.78 is 53.7. The summed E-state index contributed by atoms with van der Waals surface area (Å²) in [6, 6.07) is 0. The first-order chi connectivity index (χ1) is 21.6. The van der Waals surface area contributed by atoms with Crippen LogP contribution >= 0.6 is 0 Å². The smallest absolute Gasteiger partial charge is 0.254 e. The van der Waals surface area contributed by atoms with Crippen LogP contribution in [0.5, 0.6) is 0 Å². The Morgan fingerprint density at radius 3 is 1.07 bits per heavy atom. The Labute approximate surface area is 259 Å². The van der Waals surface area contributed by atoms with Crippen molar-refractivity contribution in [2.24, 2.45) is 0 Å². The molecule has 1 rings (SSSR count). The van der Waals surface area contributed by atoms with Gasteiger partial charge in [0.1, 0.15) is 6.54 Å². The van der Waals surface area contributed by atoms with Crippen molar-refractivity contribution in [3.05, 3.63) is 12.2 Å². The lowest BCUT2D eigenvalue weighted by atomic mass is 10.4. The number of amides is 3. The average molecular weight is 639 g/mol. The molecule has 0 saturated heterocycles. The number of carbonyl (C=O) groups excluding carboxylic acids is 3. The van der Waals surface area contributed by atoms with Crippen molar-refractivity contribution in [3.63, 3.8) is 0 Å². The second kappa shape index (κ2) is 30.9. The molecule has 1 aliphatic heterocycles. The molecule has 0 aromatic carbocycles. The lowest BCUT2D eigenvalue weighted by Gasteiger charge is -2.13. The maximum atomic E-state index is 11.7. The third kappa shape index (κ3) is 25.3.